The number of rotatable bonds is 5. The lowest BCUT2D eigenvalue weighted by atomic mass is 9.77. The molecule has 1 aromatic rings. The minimum atomic E-state index is -0.296. The molecule has 0 aromatic heterocycles. The number of carbonyl (C=O) groups is 1. The van der Waals surface area contributed by atoms with E-state index in [9.17, 15) is 4.79 Å². The van der Waals surface area contributed by atoms with Crippen LogP contribution in [0.15, 0.2) is 24.3 Å². The predicted octanol–water partition coefficient (Wildman–Crippen LogP) is 2.25. The number of carbonyl (C=O) groups excluding carboxylic acids is 1. The van der Waals surface area contributed by atoms with E-state index >= 15 is 0 Å². The van der Waals surface area contributed by atoms with Gasteiger partial charge in [0.2, 0.25) is 5.91 Å². The van der Waals surface area contributed by atoms with Crippen LogP contribution >= 0.6 is 12.4 Å². The van der Waals surface area contributed by atoms with E-state index < -0.39 is 0 Å². The third-order valence-electron chi connectivity index (χ3n) is 5.39. The Morgan fingerprint density at radius 1 is 1.25 bits per heavy atom. The molecule has 4 nitrogen and oxygen atoms in total. The minimum Gasteiger partial charge on any atom is -0.354 e. The lowest BCUT2D eigenvalue weighted by Gasteiger charge is -2.30. The summed E-state index contributed by atoms with van der Waals surface area (Å²) >= 11 is 0. The van der Waals surface area contributed by atoms with Crippen LogP contribution in [-0.2, 0) is 10.2 Å². The Morgan fingerprint density at radius 3 is 2.62 bits per heavy atom. The highest BCUT2D eigenvalue weighted by Gasteiger charge is 2.42. The fraction of sp³-hybridized carbons (Fsp3) is 0.632. The molecule has 134 valence electrons. The molecule has 1 amide bonds. The third kappa shape index (κ3) is 4.29. The number of halogens is 1. The van der Waals surface area contributed by atoms with Crippen molar-refractivity contribution in [1.29, 1.82) is 0 Å². The Bertz CT molecular complexity index is 537. The van der Waals surface area contributed by atoms with E-state index in [-0.39, 0.29) is 23.7 Å². The molecule has 1 aliphatic heterocycles. The summed E-state index contributed by atoms with van der Waals surface area (Å²) in [4.78, 5) is 15.4. The van der Waals surface area contributed by atoms with Crippen LogP contribution in [0.4, 0.5) is 0 Å². The average molecular weight is 352 g/mol. The quantitative estimate of drug-likeness (QED) is 0.855. The lowest BCUT2D eigenvalue weighted by molar-refractivity contribution is -0.126. The molecule has 1 saturated carbocycles. The van der Waals surface area contributed by atoms with Crippen molar-refractivity contribution >= 4 is 18.3 Å². The molecule has 0 spiro atoms. The minimum absolute atomic E-state index is 0. The van der Waals surface area contributed by atoms with Gasteiger partial charge in [0.05, 0.1) is 5.41 Å². The van der Waals surface area contributed by atoms with Gasteiger partial charge in [-0.1, -0.05) is 42.7 Å². The van der Waals surface area contributed by atoms with Crippen molar-refractivity contribution in [3.63, 3.8) is 0 Å². The molecule has 0 radical (unpaired) electrons. The normalized spacial score (nSPS) is 20.4. The van der Waals surface area contributed by atoms with Crippen molar-refractivity contribution in [2.45, 2.75) is 38.0 Å². The van der Waals surface area contributed by atoms with Crippen molar-refractivity contribution in [2.24, 2.45) is 0 Å². The first kappa shape index (κ1) is 19.2. The summed E-state index contributed by atoms with van der Waals surface area (Å²) in [5, 5.41) is 6.59. The number of amides is 1. The molecular formula is C19H30ClN3O. The van der Waals surface area contributed by atoms with Gasteiger partial charge in [-0.25, -0.2) is 0 Å². The van der Waals surface area contributed by atoms with Gasteiger partial charge in [0.25, 0.3) is 0 Å². The van der Waals surface area contributed by atoms with Gasteiger partial charge in [-0.05, 0) is 25.3 Å². The molecule has 1 saturated heterocycles. The second kappa shape index (κ2) is 8.84. The molecule has 1 heterocycles. The Hall–Kier alpha value is -1.10. The first-order valence-corrected chi connectivity index (χ1v) is 8.99. The maximum atomic E-state index is 13.0. The fourth-order valence-electron chi connectivity index (χ4n) is 4.00. The highest BCUT2D eigenvalue weighted by Crippen LogP contribution is 2.41. The second-order valence-electron chi connectivity index (χ2n) is 7.01. The Labute approximate surface area is 151 Å². The number of hydrogen-bond acceptors (Lipinski definition) is 3. The maximum Gasteiger partial charge on any atom is 0.230 e. The van der Waals surface area contributed by atoms with Crippen molar-refractivity contribution < 1.29 is 4.79 Å². The molecular weight excluding hydrogens is 322 g/mol. The van der Waals surface area contributed by atoms with Crippen LogP contribution < -0.4 is 10.6 Å². The summed E-state index contributed by atoms with van der Waals surface area (Å²) in [6.45, 7) is 8.10. The summed E-state index contributed by atoms with van der Waals surface area (Å²) in [7, 11) is 0. The summed E-state index contributed by atoms with van der Waals surface area (Å²) in [5.41, 5.74) is 2.15. The van der Waals surface area contributed by atoms with Crippen molar-refractivity contribution in [1.82, 2.24) is 15.5 Å². The summed E-state index contributed by atoms with van der Waals surface area (Å²) in [5.74, 6) is 0.232. The number of nitrogens with zero attached hydrogens (tertiary/aromatic N) is 1. The van der Waals surface area contributed by atoms with Crippen LogP contribution in [-0.4, -0.2) is 50.1 Å². The van der Waals surface area contributed by atoms with E-state index in [0.29, 0.717) is 0 Å². The van der Waals surface area contributed by atoms with Gasteiger partial charge in [-0.15, -0.1) is 12.4 Å². The van der Waals surface area contributed by atoms with E-state index in [2.05, 4.69) is 46.7 Å². The van der Waals surface area contributed by atoms with Gasteiger partial charge in [0.1, 0.15) is 0 Å². The molecule has 2 aliphatic rings. The maximum absolute atomic E-state index is 13.0. The van der Waals surface area contributed by atoms with Gasteiger partial charge in [-0.3, -0.25) is 9.69 Å². The molecule has 3 rings (SSSR count). The molecule has 2 N–H and O–H groups in total. The van der Waals surface area contributed by atoms with Crippen LogP contribution in [0.3, 0.4) is 0 Å². The van der Waals surface area contributed by atoms with Crippen LogP contribution in [0.1, 0.15) is 36.8 Å². The first-order chi connectivity index (χ1) is 11.2. The van der Waals surface area contributed by atoms with E-state index in [1.807, 2.05) is 0 Å². The van der Waals surface area contributed by atoms with Gasteiger partial charge in [-0.2, -0.15) is 0 Å². The van der Waals surface area contributed by atoms with Crippen LogP contribution in [0.25, 0.3) is 0 Å². The Morgan fingerprint density at radius 2 is 1.96 bits per heavy atom. The van der Waals surface area contributed by atoms with Crippen LogP contribution in [0.2, 0.25) is 0 Å². The standard InChI is InChI=1S/C19H29N3O.ClH/c1-16-5-4-6-17(15-16)19(7-2-3-8-19)18(23)21-11-14-22-12-9-20-10-13-22;/h4-6,15,20H,2-3,7-14H2,1H3,(H,21,23);1H. The average Bonchev–Trinajstić information content (AvgIpc) is 3.07. The van der Waals surface area contributed by atoms with Gasteiger partial charge in [0.15, 0.2) is 0 Å². The number of nitrogens with one attached hydrogen (secondary N) is 2. The smallest absolute Gasteiger partial charge is 0.230 e. The molecule has 0 atom stereocenters. The number of aryl methyl sites for hydroxylation is 1. The third-order valence-corrected chi connectivity index (χ3v) is 5.39. The number of piperazine rings is 1. The second-order valence-corrected chi connectivity index (χ2v) is 7.01. The summed E-state index contributed by atoms with van der Waals surface area (Å²) in [6, 6.07) is 8.52. The lowest BCUT2D eigenvalue weighted by Crippen LogP contribution is -2.48. The predicted molar refractivity (Wildman–Crippen MR) is 101 cm³/mol. The molecule has 5 heteroatoms. The first-order valence-electron chi connectivity index (χ1n) is 8.99. The zero-order valence-corrected chi connectivity index (χ0v) is 15.5. The monoisotopic (exact) mass is 351 g/mol. The number of hydrogen-bond donors (Lipinski definition) is 2. The summed E-state index contributed by atoms with van der Waals surface area (Å²) < 4.78 is 0. The zero-order valence-electron chi connectivity index (χ0n) is 14.6. The van der Waals surface area contributed by atoms with E-state index in [1.54, 1.807) is 0 Å². The SMILES string of the molecule is Cc1cccc(C2(C(=O)NCCN3CCNCC3)CCCC2)c1.Cl. The number of benzene rings is 1. The van der Waals surface area contributed by atoms with E-state index in [0.717, 1.165) is 65.0 Å². The Kier molecular flexibility index (Phi) is 7.08. The topological polar surface area (TPSA) is 44.4 Å². The van der Waals surface area contributed by atoms with Gasteiger partial charge in [0, 0.05) is 39.3 Å². The zero-order chi connectivity index (χ0) is 16.1. The Balaban J connectivity index is 0.00000208. The molecule has 2 fully saturated rings. The van der Waals surface area contributed by atoms with E-state index in [1.165, 1.54) is 11.1 Å². The molecule has 24 heavy (non-hydrogen) atoms. The highest BCUT2D eigenvalue weighted by molar-refractivity contribution is 5.88. The van der Waals surface area contributed by atoms with Crippen LogP contribution in [0.5, 0.6) is 0 Å². The fourth-order valence-corrected chi connectivity index (χ4v) is 4.00. The van der Waals surface area contributed by atoms with Crippen molar-refractivity contribution in [2.75, 3.05) is 39.3 Å². The molecule has 0 bridgehead atoms. The largest absolute Gasteiger partial charge is 0.354 e. The molecule has 0 unspecified atom stereocenters. The highest BCUT2D eigenvalue weighted by atomic mass is 35.5. The van der Waals surface area contributed by atoms with Gasteiger partial charge < -0.3 is 10.6 Å². The van der Waals surface area contributed by atoms with E-state index in [4.69, 9.17) is 0 Å². The van der Waals surface area contributed by atoms with Crippen LogP contribution in [0, 0.1) is 6.92 Å². The van der Waals surface area contributed by atoms with Crippen molar-refractivity contribution in [3.8, 4) is 0 Å². The van der Waals surface area contributed by atoms with Gasteiger partial charge >= 0.3 is 0 Å². The molecule has 1 aliphatic carbocycles. The molecule has 1 aromatic carbocycles. The van der Waals surface area contributed by atoms with Crippen molar-refractivity contribution in [3.05, 3.63) is 35.4 Å². The summed E-state index contributed by atoms with van der Waals surface area (Å²) in [6.07, 6.45) is 4.27.